The summed E-state index contributed by atoms with van der Waals surface area (Å²) in [7, 11) is 0. The molecular formula is C24H32N4O3S. The van der Waals surface area contributed by atoms with Crippen molar-refractivity contribution < 1.29 is 14.4 Å². The van der Waals surface area contributed by atoms with Crippen molar-refractivity contribution in [1.29, 1.82) is 0 Å². The van der Waals surface area contributed by atoms with Gasteiger partial charge in [-0.2, -0.15) is 0 Å². The summed E-state index contributed by atoms with van der Waals surface area (Å²) in [6.07, 6.45) is 10.7. The Morgan fingerprint density at radius 1 is 0.906 bits per heavy atom. The summed E-state index contributed by atoms with van der Waals surface area (Å²) < 4.78 is 0. The van der Waals surface area contributed by atoms with E-state index in [0.717, 1.165) is 69.2 Å². The molecule has 2 aromatic rings. The van der Waals surface area contributed by atoms with E-state index in [1.54, 1.807) is 24.3 Å². The number of carbonyl (C=O) groups excluding carboxylic acids is 3. The van der Waals surface area contributed by atoms with Gasteiger partial charge in [0.25, 0.3) is 11.8 Å². The smallest absolute Gasteiger partial charge is 0.261 e. The van der Waals surface area contributed by atoms with Crippen molar-refractivity contribution in [2.24, 2.45) is 0 Å². The van der Waals surface area contributed by atoms with Gasteiger partial charge in [0.1, 0.15) is 5.01 Å². The molecule has 0 spiro atoms. The molecule has 0 aliphatic carbocycles. The third kappa shape index (κ3) is 6.69. The van der Waals surface area contributed by atoms with E-state index in [0.29, 0.717) is 29.2 Å². The molecule has 3 amide bonds. The number of unbranched alkanes of at least 4 members (excludes halogenated alkanes) is 7. The van der Waals surface area contributed by atoms with Crippen molar-refractivity contribution in [3.8, 4) is 0 Å². The highest BCUT2D eigenvalue weighted by atomic mass is 32.1. The average molecular weight is 457 g/mol. The number of carbonyl (C=O) groups is 3. The number of hydrogen-bond acceptors (Lipinski definition) is 6. The Balaban J connectivity index is 1.17. The zero-order chi connectivity index (χ0) is 22.8. The first-order valence-corrected chi connectivity index (χ1v) is 12.5. The number of fused-ring (bicyclic) bond motifs is 1. The normalized spacial score (nSPS) is 13.0. The van der Waals surface area contributed by atoms with Gasteiger partial charge in [-0.1, -0.05) is 68.9 Å². The minimum Gasteiger partial charge on any atom is -0.301 e. The van der Waals surface area contributed by atoms with Crippen LogP contribution in [0.25, 0.3) is 0 Å². The van der Waals surface area contributed by atoms with Crippen LogP contribution in [0.4, 0.5) is 5.13 Å². The molecule has 1 aliphatic rings. The Hall–Kier alpha value is -2.61. The number of aromatic nitrogens is 2. The number of rotatable bonds is 14. The summed E-state index contributed by atoms with van der Waals surface area (Å²) in [6.45, 7) is 2.59. The summed E-state index contributed by atoms with van der Waals surface area (Å²) in [5.74, 6) is -0.318. The molecule has 1 aliphatic heterocycles. The molecule has 0 saturated carbocycles. The van der Waals surface area contributed by atoms with Crippen LogP contribution in [0.2, 0.25) is 0 Å². The highest BCUT2D eigenvalue weighted by Crippen LogP contribution is 2.23. The molecule has 172 valence electrons. The highest BCUT2D eigenvalue weighted by Gasteiger charge is 2.34. The second kappa shape index (κ2) is 12.4. The number of anilines is 1. The quantitative estimate of drug-likeness (QED) is 0.310. The van der Waals surface area contributed by atoms with Crippen molar-refractivity contribution in [2.75, 3.05) is 11.9 Å². The van der Waals surface area contributed by atoms with E-state index in [-0.39, 0.29) is 17.7 Å². The van der Waals surface area contributed by atoms with Gasteiger partial charge in [0.05, 0.1) is 11.1 Å². The molecule has 1 aromatic carbocycles. The van der Waals surface area contributed by atoms with E-state index in [9.17, 15) is 14.4 Å². The van der Waals surface area contributed by atoms with Crippen LogP contribution in [-0.2, 0) is 11.2 Å². The van der Waals surface area contributed by atoms with Gasteiger partial charge in [0.15, 0.2) is 0 Å². The van der Waals surface area contributed by atoms with Crippen LogP contribution in [0.5, 0.6) is 0 Å². The first-order chi connectivity index (χ1) is 15.6. The second-order valence-electron chi connectivity index (χ2n) is 8.19. The van der Waals surface area contributed by atoms with Crippen LogP contribution in [0.15, 0.2) is 24.3 Å². The van der Waals surface area contributed by atoms with E-state index in [4.69, 9.17) is 0 Å². The molecule has 0 unspecified atom stereocenters. The van der Waals surface area contributed by atoms with Crippen LogP contribution < -0.4 is 5.32 Å². The topological polar surface area (TPSA) is 92.3 Å². The zero-order valence-electron chi connectivity index (χ0n) is 18.8. The number of hydrogen-bond donors (Lipinski definition) is 1. The van der Waals surface area contributed by atoms with Gasteiger partial charge in [-0.3, -0.25) is 19.3 Å². The lowest BCUT2D eigenvalue weighted by Gasteiger charge is -2.13. The Morgan fingerprint density at radius 3 is 2.12 bits per heavy atom. The molecule has 1 aromatic heterocycles. The van der Waals surface area contributed by atoms with Gasteiger partial charge in [0, 0.05) is 19.4 Å². The Bertz CT molecular complexity index is 892. The third-order valence-corrected chi connectivity index (χ3v) is 6.49. The number of imide groups is 1. The van der Waals surface area contributed by atoms with Crippen molar-refractivity contribution in [1.82, 2.24) is 15.1 Å². The molecule has 0 saturated heterocycles. The summed E-state index contributed by atoms with van der Waals surface area (Å²) >= 11 is 1.45. The van der Waals surface area contributed by atoms with Gasteiger partial charge in [-0.15, -0.1) is 10.2 Å². The van der Waals surface area contributed by atoms with Crippen LogP contribution in [0.1, 0.15) is 96.9 Å². The van der Waals surface area contributed by atoms with Gasteiger partial charge in [-0.05, 0) is 31.4 Å². The van der Waals surface area contributed by atoms with Crippen LogP contribution in [0.3, 0.4) is 0 Å². The third-order valence-electron chi connectivity index (χ3n) is 5.59. The van der Waals surface area contributed by atoms with Crippen LogP contribution in [-0.4, -0.2) is 39.4 Å². The Morgan fingerprint density at radius 2 is 1.50 bits per heavy atom. The number of aryl methyl sites for hydroxylation is 1. The van der Waals surface area contributed by atoms with Gasteiger partial charge in [-0.25, -0.2) is 0 Å². The SMILES string of the molecule is CCCc1nnc(NC(=O)CCCCCCCCCCN2C(=O)c3ccccc3C2=O)s1. The first kappa shape index (κ1) is 24.0. The summed E-state index contributed by atoms with van der Waals surface area (Å²) in [5, 5.41) is 12.5. The minimum absolute atomic E-state index is 0.0114. The second-order valence-corrected chi connectivity index (χ2v) is 9.25. The van der Waals surface area contributed by atoms with Gasteiger partial charge < -0.3 is 5.32 Å². The fraction of sp³-hybridized carbons (Fsp3) is 0.542. The molecule has 0 atom stereocenters. The summed E-state index contributed by atoms with van der Waals surface area (Å²) in [6, 6.07) is 7.03. The van der Waals surface area contributed by atoms with Crippen molar-refractivity contribution in [2.45, 2.75) is 77.6 Å². The highest BCUT2D eigenvalue weighted by molar-refractivity contribution is 7.15. The maximum atomic E-state index is 12.3. The molecule has 0 radical (unpaired) electrons. The molecule has 8 heteroatoms. The zero-order valence-corrected chi connectivity index (χ0v) is 19.6. The average Bonchev–Trinajstić information content (AvgIpc) is 3.32. The van der Waals surface area contributed by atoms with E-state index in [2.05, 4.69) is 22.4 Å². The molecule has 1 N–H and O–H groups in total. The molecular weight excluding hydrogens is 424 g/mol. The van der Waals surface area contributed by atoms with E-state index >= 15 is 0 Å². The minimum atomic E-state index is -0.165. The monoisotopic (exact) mass is 456 g/mol. The first-order valence-electron chi connectivity index (χ1n) is 11.7. The van der Waals surface area contributed by atoms with Crippen molar-refractivity contribution in [3.05, 3.63) is 40.4 Å². The standard InChI is InChI=1S/C24H32N4O3S/c1-2-13-21-26-27-24(32-21)25-20(29)16-9-7-5-3-4-6-8-12-17-28-22(30)18-14-10-11-15-19(18)23(28)31/h10-11,14-15H,2-9,12-13,16-17H2,1H3,(H,25,27,29). The number of benzene rings is 1. The maximum Gasteiger partial charge on any atom is 0.261 e. The predicted molar refractivity (Wildman–Crippen MR) is 126 cm³/mol. The maximum absolute atomic E-state index is 12.3. The Kier molecular flexibility index (Phi) is 9.34. The van der Waals surface area contributed by atoms with E-state index in [1.807, 2.05) is 0 Å². The van der Waals surface area contributed by atoms with Gasteiger partial charge in [0.2, 0.25) is 11.0 Å². The lowest BCUT2D eigenvalue weighted by Crippen LogP contribution is -2.30. The van der Waals surface area contributed by atoms with Crippen molar-refractivity contribution >= 4 is 34.2 Å². The molecule has 7 nitrogen and oxygen atoms in total. The molecule has 3 rings (SSSR count). The largest absolute Gasteiger partial charge is 0.301 e. The molecule has 32 heavy (non-hydrogen) atoms. The van der Waals surface area contributed by atoms with E-state index in [1.165, 1.54) is 16.2 Å². The molecule has 2 heterocycles. The fourth-order valence-electron chi connectivity index (χ4n) is 3.86. The number of nitrogens with one attached hydrogen (secondary N) is 1. The van der Waals surface area contributed by atoms with Crippen LogP contribution >= 0.6 is 11.3 Å². The van der Waals surface area contributed by atoms with Crippen molar-refractivity contribution in [3.63, 3.8) is 0 Å². The molecule has 0 bridgehead atoms. The van der Waals surface area contributed by atoms with E-state index < -0.39 is 0 Å². The molecule has 0 fully saturated rings. The summed E-state index contributed by atoms with van der Waals surface area (Å²) in [4.78, 5) is 38.0. The van der Waals surface area contributed by atoms with Crippen LogP contribution in [0, 0.1) is 0 Å². The van der Waals surface area contributed by atoms with Gasteiger partial charge >= 0.3 is 0 Å². The lowest BCUT2D eigenvalue weighted by atomic mass is 10.1. The number of nitrogens with zero attached hydrogens (tertiary/aromatic N) is 3. The number of amides is 3. The predicted octanol–water partition coefficient (Wildman–Crippen LogP) is 5.24. The fourth-order valence-corrected chi connectivity index (χ4v) is 4.72. The Labute approximate surface area is 193 Å². The lowest BCUT2D eigenvalue weighted by molar-refractivity contribution is -0.116. The summed E-state index contributed by atoms with van der Waals surface area (Å²) in [5.41, 5.74) is 1.05.